The number of nitrogens with zero attached hydrogens (tertiary/aromatic N) is 3. The molecular formula is C5H6AsN5. The molecule has 0 aromatic carbocycles. The number of nitrogens with one attached hydrogen (secondary N) is 1. The maximum atomic E-state index is 5.58. The molecule has 3 N–H and O–H groups in total. The molecule has 2 aromatic rings. The summed E-state index contributed by atoms with van der Waals surface area (Å²) in [5, 5.41) is 0. The molecule has 11 heavy (non-hydrogen) atoms. The zero-order chi connectivity index (χ0) is 7.84. The van der Waals surface area contributed by atoms with Crippen molar-refractivity contribution in [2.45, 2.75) is 0 Å². The molecule has 6 heteroatoms. The number of imidazole rings is 1. The zero-order valence-corrected chi connectivity index (χ0v) is 8.00. The van der Waals surface area contributed by atoms with Crippen molar-refractivity contribution in [2.75, 3.05) is 5.73 Å². The number of hydrogen-bond acceptors (Lipinski definition) is 4. The molecular weight excluding hydrogens is 205 g/mol. The predicted octanol–water partition coefficient (Wildman–Crippen LogP) is -1.81. The Bertz CT molecular complexity index is 395. The van der Waals surface area contributed by atoms with Crippen molar-refractivity contribution < 1.29 is 0 Å². The average Bonchev–Trinajstić information content (AvgIpc) is 2.34. The fourth-order valence-electron chi connectivity index (χ4n) is 0.876. The summed E-state index contributed by atoms with van der Waals surface area (Å²) in [5.41, 5.74) is 6.93. The summed E-state index contributed by atoms with van der Waals surface area (Å²) in [6.07, 6.45) is 1.56. The van der Waals surface area contributed by atoms with Gasteiger partial charge in [-0.15, -0.1) is 0 Å². The molecule has 0 saturated carbocycles. The van der Waals surface area contributed by atoms with Crippen LogP contribution in [0.15, 0.2) is 6.33 Å². The summed E-state index contributed by atoms with van der Waals surface area (Å²) in [5.74, 6) is 0.440. The Morgan fingerprint density at radius 2 is 2.27 bits per heavy atom. The molecule has 1 atom stereocenters. The third kappa shape index (κ3) is 0.973. The third-order valence-corrected chi connectivity index (χ3v) is 1.86. The van der Waals surface area contributed by atoms with Crippen LogP contribution in [0.3, 0.4) is 0 Å². The van der Waals surface area contributed by atoms with Gasteiger partial charge in [0.05, 0.1) is 0 Å². The van der Waals surface area contributed by atoms with E-state index in [0.29, 0.717) is 21.6 Å². The normalized spacial score (nSPS) is 10.6. The molecule has 0 aliphatic heterocycles. The number of aromatic amines is 1. The van der Waals surface area contributed by atoms with Gasteiger partial charge in [0.15, 0.2) is 0 Å². The van der Waals surface area contributed by atoms with Crippen molar-refractivity contribution in [3.8, 4) is 0 Å². The SMILES string of the molecule is Nc1nc([AsH2])nc2[nH]cnc12. The van der Waals surface area contributed by atoms with Crippen LogP contribution >= 0.6 is 0 Å². The molecule has 0 bridgehead atoms. The molecule has 2 aromatic heterocycles. The summed E-state index contributed by atoms with van der Waals surface area (Å²) >= 11 is 1.35. The molecule has 0 radical (unpaired) electrons. The second-order valence-corrected chi connectivity index (χ2v) is 3.15. The summed E-state index contributed by atoms with van der Waals surface area (Å²) < 4.78 is 0.715. The first-order chi connectivity index (χ1) is 5.27. The van der Waals surface area contributed by atoms with Crippen LogP contribution < -0.4 is 10.3 Å². The first-order valence-corrected chi connectivity index (χ1v) is 4.20. The van der Waals surface area contributed by atoms with E-state index in [1.807, 2.05) is 0 Å². The van der Waals surface area contributed by atoms with E-state index in [0.717, 1.165) is 0 Å². The van der Waals surface area contributed by atoms with Crippen molar-refractivity contribution in [2.24, 2.45) is 0 Å². The summed E-state index contributed by atoms with van der Waals surface area (Å²) in [6.45, 7) is 0. The van der Waals surface area contributed by atoms with Crippen molar-refractivity contribution in [1.29, 1.82) is 0 Å². The maximum absolute atomic E-state index is 5.58. The molecule has 56 valence electrons. The Labute approximate surface area is 70.9 Å². The van der Waals surface area contributed by atoms with E-state index < -0.39 is 0 Å². The van der Waals surface area contributed by atoms with Gasteiger partial charge in [0, 0.05) is 0 Å². The standard InChI is InChI=1S/C5H6AsN5/c6-5-10-3(7)2-4(11-5)9-1-8-2/h1H,6H2,(H3,7,8,9,10,11). The topological polar surface area (TPSA) is 80.5 Å². The van der Waals surface area contributed by atoms with Crippen LogP contribution in [0.2, 0.25) is 0 Å². The van der Waals surface area contributed by atoms with Gasteiger partial charge in [-0.05, 0) is 0 Å². The van der Waals surface area contributed by atoms with Crippen molar-refractivity contribution >= 4 is 38.4 Å². The minimum absolute atomic E-state index is 0.440. The van der Waals surface area contributed by atoms with Gasteiger partial charge in [-0.3, -0.25) is 0 Å². The van der Waals surface area contributed by atoms with E-state index in [9.17, 15) is 0 Å². The van der Waals surface area contributed by atoms with Crippen molar-refractivity contribution in [3.05, 3.63) is 6.33 Å². The number of anilines is 1. The van der Waals surface area contributed by atoms with Gasteiger partial charge < -0.3 is 0 Å². The summed E-state index contributed by atoms with van der Waals surface area (Å²) in [6, 6.07) is 0. The first-order valence-electron chi connectivity index (χ1n) is 2.99. The molecule has 0 aliphatic carbocycles. The van der Waals surface area contributed by atoms with Crippen LogP contribution in [0.25, 0.3) is 11.2 Å². The molecule has 0 amide bonds. The van der Waals surface area contributed by atoms with Gasteiger partial charge in [-0.2, -0.15) is 0 Å². The molecule has 5 nitrogen and oxygen atoms in total. The van der Waals surface area contributed by atoms with Gasteiger partial charge >= 0.3 is 70.4 Å². The number of nitrogens with two attached hydrogens (primary N) is 1. The van der Waals surface area contributed by atoms with Crippen molar-refractivity contribution in [1.82, 2.24) is 19.9 Å². The number of hydrogen-bond donors (Lipinski definition) is 2. The fourth-order valence-corrected chi connectivity index (χ4v) is 1.44. The molecule has 1 unspecified atom stereocenters. The molecule has 2 heterocycles. The van der Waals surface area contributed by atoms with E-state index in [1.54, 1.807) is 6.33 Å². The number of fused-ring (bicyclic) bond motifs is 1. The number of nitrogen functional groups attached to an aromatic ring is 1. The second-order valence-electron chi connectivity index (χ2n) is 2.07. The number of H-pyrrole nitrogens is 1. The van der Waals surface area contributed by atoms with E-state index in [4.69, 9.17) is 5.73 Å². The summed E-state index contributed by atoms with van der Waals surface area (Å²) in [4.78, 5) is 14.9. The van der Waals surface area contributed by atoms with E-state index in [2.05, 4.69) is 19.9 Å². The predicted molar refractivity (Wildman–Crippen MR) is 44.3 cm³/mol. The van der Waals surface area contributed by atoms with E-state index >= 15 is 0 Å². The van der Waals surface area contributed by atoms with E-state index in [-0.39, 0.29) is 0 Å². The van der Waals surface area contributed by atoms with Gasteiger partial charge in [-0.25, -0.2) is 0 Å². The first kappa shape index (κ1) is 6.61. The monoisotopic (exact) mass is 211 g/mol. The Balaban J connectivity index is 2.91. The zero-order valence-electron chi connectivity index (χ0n) is 5.57. The van der Waals surface area contributed by atoms with Gasteiger partial charge in [0.2, 0.25) is 0 Å². The summed E-state index contributed by atoms with van der Waals surface area (Å²) in [7, 11) is 0. The number of aromatic nitrogens is 4. The van der Waals surface area contributed by atoms with Crippen molar-refractivity contribution in [3.63, 3.8) is 0 Å². The average molecular weight is 211 g/mol. The Morgan fingerprint density at radius 3 is 3.09 bits per heavy atom. The van der Waals surface area contributed by atoms with Gasteiger partial charge in [-0.1, -0.05) is 0 Å². The molecule has 0 aliphatic rings. The van der Waals surface area contributed by atoms with Crippen LogP contribution in [-0.2, 0) is 0 Å². The van der Waals surface area contributed by atoms with Gasteiger partial charge in [0.25, 0.3) is 0 Å². The third-order valence-electron chi connectivity index (χ3n) is 1.32. The van der Waals surface area contributed by atoms with E-state index in [1.165, 1.54) is 16.9 Å². The molecule has 0 saturated heterocycles. The number of rotatable bonds is 0. The minimum atomic E-state index is 0.440. The molecule has 0 fully saturated rings. The molecule has 2 rings (SSSR count). The molecule has 0 spiro atoms. The van der Waals surface area contributed by atoms with Crippen LogP contribution in [0.5, 0.6) is 0 Å². The Hall–Kier alpha value is -1.09. The fraction of sp³-hybridized carbons (Fsp3) is 0. The Kier molecular flexibility index (Phi) is 1.32. The van der Waals surface area contributed by atoms with Crippen LogP contribution in [0.1, 0.15) is 0 Å². The van der Waals surface area contributed by atoms with Crippen LogP contribution in [0, 0.1) is 0 Å². The van der Waals surface area contributed by atoms with Crippen LogP contribution in [-0.4, -0.2) is 36.8 Å². The second kappa shape index (κ2) is 2.20. The van der Waals surface area contributed by atoms with Gasteiger partial charge in [0.1, 0.15) is 0 Å². The van der Waals surface area contributed by atoms with Crippen LogP contribution in [0.4, 0.5) is 5.82 Å². The Morgan fingerprint density at radius 1 is 1.45 bits per heavy atom. The quantitative estimate of drug-likeness (QED) is 0.503.